The van der Waals surface area contributed by atoms with Crippen LogP contribution in [0.5, 0.6) is 0 Å². The first-order chi connectivity index (χ1) is 18.2. The summed E-state index contributed by atoms with van der Waals surface area (Å²) in [5.41, 5.74) is 9.94. The number of anilines is 1. The van der Waals surface area contributed by atoms with Gasteiger partial charge in [0.05, 0.1) is 30.4 Å². The normalized spacial score (nSPS) is 12.9. The molecular weight excluding hydrogens is 458 g/mol. The van der Waals surface area contributed by atoms with E-state index in [1.165, 1.54) is 27.6 Å². The lowest BCUT2D eigenvalue weighted by atomic mass is 9.93. The summed E-state index contributed by atoms with van der Waals surface area (Å²) in [6.45, 7) is 0. The van der Waals surface area contributed by atoms with Crippen molar-refractivity contribution in [3.05, 3.63) is 96.2 Å². The molecule has 178 valence electrons. The molecule has 1 aliphatic carbocycles. The molecule has 0 radical (unpaired) electrons. The second-order valence-electron chi connectivity index (χ2n) is 9.39. The van der Waals surface area contributed by atoms with Gasteiger partial charge < -0.3 is 10.3 Å². The minimum absolute atomic E-state index is 0.232. The molecule has 3 aromatic heterocycles. The number of aromatic amines is 1. The minimum Gasteiger partial charge on any atom is -0.388 e. The smallest absolute Gasteiger partial charge is 0.141 e. The first-order valence-corrected chi connectivity index (χ1v) is 12.3. The van der Waals surface area contributed by atoms with E-state index in [1.807, 2.05) is 36.4 Å². The van der Waals surface area contributed by atoms with E-state index in [9.17, 15) is 5.26 Å². The van der Waals surface area contributed by atoms with Gasteiger partial charge in [0, 0.05) is 41.5 Å². The lowest BCUT2D eigenvalue weighted by molar-refractivity contribution is 0.533. The third-order valence-corrected chi connectivity index (χ3v) is 7.41. The van der Waals surface area contributed by atoms with Crippen molar-refractivity contribution in [2.24, 2.45) is 0 Å². The summed E-state index contributed by atoms with van der Waals surface area (Å²) in [4.78, 5) is 11.9. The Hall–Kier alpha value is -4.96. The van der Waals surface area contributed by atoms with Crippen LogP contribution in [0.15, 0.2) is 79.5 Å². The van der Waals surface area contributed by atoms with Crippen molar-refractivity contribution >= 4 is 27.5 Å². The maximum atomic E-state index is 9.73. The predicted molar refractivity (Wildman–Crippen MR) is 145 cm³/mol. The van der Waals surface area contributed by atoms with Crippen molar-refractivity contribution in [2.75, 3.05) is 12.4 Å². The SMILES string of the molecule is CNc1cc(C(CC#N)n2cc(-c3ncnc4[nH]ccc34)cn2)cc2ccc3c(c12)Cc1ccccc1-3. The van der Waals surface area contributed by atoms with E-state index >= 15 is 0 Å². The highest BCUT2D eigenvalue weighted by Crippen LogP contribution is 2.43. The van der Waals surface area contributed by atoms with Gasteiger partial charge in [0.1, 0.15) is 12.0 Å². The van der Waals surface area contributed by atoms with Crippen LogP contribution in [0.3, 0.4) is 0 Å². The second-order valence-corrected chi connectivity index (χ2v) is 9.39. The summed E-state index contributed by atoms with van der Waals surface area (Å²) in [6.07, 6.45) is 8.42. The van der Waals surface area contributed by atoms with Crippen LogP contribution in [-0.2, 0) is 6.42 Å². The zero-order valence-electron chi connectivity index (χ0n) is 20.2. The summed E-state index contributed by atoms with van der Waals surface area (Å²) < 4.78 is 1.88. The van der Waals surface area contributed by atoms with Crippen LogP contribution in [0.4, 0.5) is 5.69 Å². The number of hydrogen-bond acceptors (Lipinski definition) is 5. The van der Waals surface area contributed by atoms with E-state index in [0.29, 0.717) is 6.42 Å². The Kier molecular flexibility index (Phi) is 4.79. The van der Waals surface area contributed by atoms with Gasteiger partial charge in [-0.2, -0.15) is 10.4 Å². The summed E-state index contributed by atoms with van der Waals surface area (Å²) in [5, 5.41) is 21.2. The zero-order valence-corrected chi connectivity index (χ0v) is 20.2. The fraction of sp³-hybridized carbons (Fsp3) is 0.133. The molecule has 1 aliphatic rings. The van der Waals surface area contributed by atoms with Crippen LogP contribution in [-0.4, -0.2) is 31.8 Å². The molecular formula is C30H23N7. The number of benzene rings is 3. The number of nitrogens with zero attached hydrogens (tertiary/aromatic N) is 5. The van der Waals surface area contributed by atoms with Gasteiger partial charge in [0.25, 0.3) is 0 Å². The average Bonchev–Trinajstić information content (AvgIpc) is 3.69. The van der Waals surface area contributed by atoms with Crippen LogP contribution in [0.1, 0.15) is 29.2 Å². The Labute approximate surface area is 213 Å². The number of aromatic nitrogens is 5. The third kappa shape index (κ3) is 3.30. The van der Waals surface area contributed by atoms with Crippen LogP contribution in [0.25, 0.3) is 44.2 Å². The largest absolute Gasteiger partial charge is 0.388 e. The highest BCUT2D eigenvalue weighted by Gasteiger charge is 2.24. The van der Waals surface area contributed by atoms with E-state index in [2.05, 4.69) is 80.0 Å². The Balaban J connectivity index is 1.34. The van der Waals surface area contributed by atoms with Gasteiger partial charge in [0.2, 0.25) is 0 Å². The van der Waals surface area contributed by atoms with E-state index in [-0.39, 0.29) is 6.04 Å². The van der Waals surface area contributed by atoms with E-state index in [4.69, 9.17) is 0 Å². The van der Waals surface area contributed by atoms with E-state index < -0.39 is 0 Å². The summed E-state index contributed by atoms with van der Waals surface area (Å²) in [5.74, 6) is 0. The van der Waals surface area contributed by atoms with Gasteiger partial charge in [-0.25, -0.2) is 9.97 Å². The highest BCUT2D eigenvalue weighted by molar-refractivity contribution is 6.03. The molecule has 3 heterocycles. The standard InChI is InChI=1S/C30H23N7/c1-32-26-14-20(12-19-6-7-23-22-5-3-2-4-18(22)13-25(23)28(19)26)27(8-10-31)37-16-21(15-36-37)29-24-9-11-33-30(24)35-17-34-29/h2-7,9,11-12,14-17,27,32H,8,13H2,1H3,(H,33,34,35). The molecule has 0 bridgehead atoms. The Morgan fingerprint density at radius 3 is 2.92 bits per heavy atom. The number of fused-ring (bicyclic) bond motifs is 6. The topological polar surface area (TPSA) is 95.2 Å². The van der Waals surface area contributed by atoms with Gasteiger partial charge in [-0.05, 0) is 57.8 Å². The molecule has 37 heavy (non-hydrogen) atoms. The number of nitrogens with one attached hydrogen (secondary N) is 2. The van der Waals surface area contributed by atoms with Crippen molar-refractivity contribution < 1.29 is 0 Å². The molecule has 2 N–H and O–H groups in total. The maximum absolute atomic E-state index is 9.73. The van der Waals surface area contributed by atoms with Crippen LogP contribution >= 0.6 is 0 Å². The van der Waals surface area contributed by atoms with Crippen LogP contribution in [0, 0.1) is 11.3 Å². The summed E-state index contributed by atoms with van der Waals surface area (Å²) >= 11 is 0. The molecule has 1 unspecified atom stereocenters. The maximum Gasteiger partial charge on any atom is 0.141 e. The number of rotatable bonds is 5. The first-order valence-electron chi connectivity index (χ1n) is 12.3. The van der Waals surface area contributed by atoms with Crippen molar-refractivity contribution in [3.63, 3.8) is 0 Å². The molecule has 6 aromatic rings. The van der Waals surface area contributed by atoms with Gasteiger partial charge >= 0.3 is 0 Å². The fourth-order valence-electron chi connectivity index (χ4n) is 5.70. The summed E-state index contributed by atoms with van der Waals surface area (Å²) in [7, 11) is 1.96. The molecule has 0 spiro atoms. The number of hydrogen-bond donors (Lipinski definition) is 2. The Morgan fingerprint density at radius 2 is 2.03 bits per heavy atom. The molecule has 0 fully saturated rings. The Morgan fingerprint density at radius 1 is 1.11 bits per heavy atom. The van der Waals surface area contributed by atoms with Crippen molar-refractivity contribution in [1.82, 2.24) is 24.7 Å². The van der Waals surface area contributed by atoms with Crippen LogP contribution in [0.2, 0.25) is 0 Å². The zero-order chi connectivity index (χ0) is 24.9. The summed E-state index contributed by atoms with van der Waals surface area (Å²) in [6, 6.07) is 21.5. The quantitative estimate of drug-likeness (QED) is 0.310. The van der Waals surface area contributed by atoms with Crippen LogP contribution < -0.4 is 5.32 Å². The van der Waals surface area contributed by atoms with Gasteiger partial charge in [-0.15, -0.1) is 0 Å². The van der Waals surface area contributed by atoms with E-state index in [0.717, 1.165) is 45.3 Å². The third-order valence-electron chi connectivity index (χ3n) is 7.41. The predicted octanol–water partition coefficient (Wildman–Crippen LogP) is 6.09. The molecule has 7 rings (SSSR count). The molecule has 3 aromatic carbocycles. The van der Waals surface area contributed by atoms with Gasteiger partial charge in [-0.1, -0.05) is 36.4 Å². The first kappa shape index (κ1) is 21.3. The minimum atomic E-state index is -0.232. The average molecular weight is 482 g/mol. The van der Waals surface area contributed by atoms with Crippen molar-refractivity contribution in [2.45, 2.75) is 18.9 Å². The molecule has 0 saturated heterocycles. The van der Waals surface area contributed by atoms with Crippen molar-refractivity contribution in [3.8, 4) is 28.5 Å². The highest BCUT2D eigenvalue weighted by atomic mass is 15.3. The lowest BCUT2D eigenvalue weighted by Crippen LogP contribution is -2.11. The molecule has 0 aliphatic heterocycles. The fourth-order valence-corrected chi connectivity index (χ4v) is 5.70. The second kappa shape index (κ2) is 8.32. The molecule has 7 nitrogen and oxygen atoms in total. The molecule has 0 amide bonds. The number of H-pyrrole nitrogens is 1. The number of nitriles is 1. The van der Waals surface area contributed by atoms with Gasteiger partial charge in [-0.3, -0.25) is 4.68 Å². The molecule has 1 atom stereocenters. The Bertz CT molecular complexity index is 1850. The monoisotopic (exact) mass is 481 g/mol. The van der Waals surface area contributed by atoms with Crippen molar-refractivity contribution in [1.29, 1.82) is 5.26 Å². The lowest BCUT2D eigenvalue weighted by Gasteiger charge is -2.19. The van der Waals surface area contributed by atoms with Gasteiger partial charge in [0.15, 0.2) is 0 Å². The van der Waals surface area contributed by atoms with E-state index in [1.54, 1.807) is 6.33 Å². The molecule has 0 saturated carbocycles. The molecule has 7 heteroatoms.